The lowest BCUT2D eigenvalue weighted by Gasteiger charge is -2.24. The minimum Gasteiger partial charge on any atom is -0.461 e. The number of ether oxygens (including phenoxy) is 1. The van der Waals surface area contributed by atoms with Gasteiger partial charge >= 0.3 is 5.97 Å². The van der Waals surface area contributed by atoms with Gasteiger partial charge in [0.1, 0.15) is 4.88 Å². The Hall–Kier alpha value is -1.23. The van der Waals surface area contributed by atoms with Crippen molar-refractivity contribution in [3.05, 3.63) is 15.6 Å². The maximum absolute atomic E-state index is 11.9. The molecule has 0 amide bonds. The fraction of sp³-hybridized carbons (Fsp3) is 0.667. The molecule has 0 aliphatic heterocycles. The Balaban J connectivity index is 2.29. The average Bonchev–Trinajstić information content (AvgIpc) is 2.84. The van der Waals surface area contributed by atoms with Crippen LogP contribution < -0.4 is 0 Å². The second kappa shape index (κ2) is 6.48. The highest BCUT2D eigenvalue weighted by Crippen LogP contribution is 2.38. The van der Waals surface area contributed by atoms with E-state index in [4.69, 9.17) is 4.74 Å². The van der Waals surface area contributed by atoms with Crippen molar-refractivity contribution in [2.75, 3.05) is 6.61 Å². The number of carbonyl (C=O) groups is 2. The molecule has 2 atom stereocenters. The van der Waals surface area contributed by atoms with Crippen molar-refractivity contribution >= 4 is 23.1 Å². The fourth-order valence-electron chi connectivity index (χ4n) is 2.75. The molecule has 0 N–H and O–H groups in total. The zero-order valence-corrected chi connectivity index (χ0v) is 13.1. The molecule has 0 spiro atoms. The first-order valence-corrected chi connectivity index (χ1v) is 8.03. The minimum atomic E-state index is -0.482. The first-order valence-electron chi connectivity index (χ1n) is 7.21. The number of carbonyl (C=O) groups excluding carboxylic acids is 2. The molecular formula is C15H21NO3S. The normalized spacial score (nSPS) is 22.6. The third kappa shape index (κ3) is 3.26. The molecule has 0 bridgehead atoms. The van der Waals surface area contributed by atoms with Crippen LogP contribution in [0.2, 0.25) is 0 Å². The molecule has 110 valence electrons. The van der Waals surface area contributed by atoms with E-state index in [0.717, 1.165) is 17.8 Å². The van der Waals surface area contributed by atoms with Crippen LogP contribution in [-0.2, 0) is 4.74 Å². The lowest BCUT2D eigenvalue weighted by atomic mass is 9.83. The Labute approximate surface area is 123 Å². The van der Waals surface area contributed by atoms with Crippen LogP contribution in [0.4, 0.5) is 0 Å². The maximum atomic E-state index is 11.9. The molecule has 2 unspecified atom stereocenters. The lowest BCUT2D eigenvalue weighted by Crippen LogP contribution is -2.12. The van der Waals surface area contributed by atoms with E-state index in [2.05, 4.69) is 11.9 Å². The summed E-state index contributed by atoms with van der Waals surface area (Å²) in [5.41, 5.74) is 0.206. The number of rotatable bonds is 4. The van der Waals surface area contributed by atoms with Gasteiger partial charge in [0, 0.05) is 12.8 Å². The van der Waals surface area contributed by atoms with Crippen molar-refractivity contribution in [3.63, 3.8) is 0 Å². The van der Waals surface area contributed by atoms with Crippen LogP contribution in [0, 0.1) is 5.92 Å². The van der Waals surface area contributed by atoms with Gasteiger partial charge in [-0.15, -0.1) is 11.3 Å². The van der Waals surface area contributed by atoms with Crippen molar-refractivity contribution < 1.29 is 14.3 Å². The molecule has 1 heterocycles. The standard InChI is InChI=1S/C15H21NO3S/c1-4-19-15(18)12-13(10(3)17)20-14(16-12)11-7-5-6-9(2)8-11/h9,11H,4-8H2,1-3H3. The Morgan fingerprint density at radius 2 is 2.15 bits per heavy atom. The largest absolute Gasteiger partial charge is 0.461 e. The van der Waals surface area contributed by atoms with Crippen LogP contribution in [0.3, 0.4) is 0 Å². The summed E-state index contributed by atoms with van der Waals surface area (Å²) < 4.78 is 4.99. The average molecular weight is 295 g/mol. The van der Waals surface area contributed by atoms with Gasteiger partial charge in [-0.3, -0.25) is 4.79 Å². The number of hydrogen-bond donors (Lipinski definition) is 0. The highest BCUT2D eigenvalue weighted by atomic mass is 32.1. The van der Waals surface area contributed by atoms with Gasteiger partial charge in [-0.05, 0) is 25.7 Å². The van der Waals surface area contributed by atoms with E-state index in [-0.39, 0.29) is 11.5 Å². The van der Waals surface area contributed by atoms with E-state index in [1.807, 2.05) is 0 Å². The molecule has 2 rings (SSSR count). The van der Waals surface area contributed by atoms with Crippen molar-refractivity contribution in [1.29, 1.82) is 0 Å². The molecule has 1 aliphatic carbocycles. The lowest BCUT2D eigenvalue weighted by molar-refractivity contribution is 0.0517. The monoisotopic (exact) mass is 295 g/mol. The second-order valence-electron chi connectivity index (χ2n) is 5.48. The van der Waals surface area contributed by atoms with Gasteiger partial charge in [0.05, 0.1) is 11.6 Å². The third-order valence-electron chi connectivity index (χ3n) is 3.72. The summed E-state index contributed by atoms with van der Waals surface area (Å²) in [6, 6.07) is 0. The number of nitrogens with zero attached hydrogens (tertiary/aromatic N) is 1. The first kappa shape index (κ1) is 15.2. The van der Waals surface area contributed by atoms with Gasteiger partial charge in [-0.2, -0.15) is 0 Å². The van der Waals surface area contributed by atoms with E-state index in [0.29, 0.717) is 23.3 Å². The van der Waals surface area contributed by atoms with Crippen LogP contribution in [-0.4, -0.2) is 23.3 Å². The van der Waals surface area contributed by atoms with Gasteiger partial charge in [0.25, 0.3) is 0 Å². The van der Waals surface area contributed by atoms with Crippen molar-refractivity contribution in [2.45, 2.75) is 52.4 Å². The maximum Gasteiger partial charge on any atom is 0.358 e. The molecular weight excluding hydrogens is 274 g/mol. The van der Waals surface area contributed by atoms with Crippen molar-refractivity contribution in [1.82, 2.24) is 4.98 Å². The highest BCUT2D eigenvalue weighted by Gasteiger charge is 2.28. The second-order valence-corrected chi connectivity index (χ2v) is 6.51. The molecule has 1 saturated carbocycles. The van der Waals surface area contributed by atoms with Crippen LogP contribution in [0.25, 0.3) is 0 Å². The molecule has 1 aliphatic rings. The summed E-state index contributed by atoms with van der Waals surface area (Å²) in [7, 11) is 0. The quantitative estimate of drug-likeness (QED) is 0.626. The number of thiazole rings is 1. The summed E-state index contributed by atoms with van der Waals surface area (Å²) in [5, 5.41) is 0.921. The smallest absolute Gasteiger partial charge is 0.358 e. The number of ketones is 1. The third-order valence-corrected chi connectivity index (χ3v) is 5.04. The van der Waals surface area contributed by atoms with Crippen LogP contribution >= 0.6 is 11.3 Å². The summed E-state index contributed by atoms with van der Waals surface area (Å²) in [6.07, 6.45) is 4.63. The molecule has 4 nitrogen and oxygen atoms in total. The summed E-state index contributed by atoms with van der Waals surface area (Å²) in [4.78, 5) is 28.5. The van der Waals surface area contributed by atoms with Gasteiger partial charge < -0.3 is 4.74 Å². The SMILES string of the molecule is CCOC(=O)c1nc(C2CCCC(C)C2)sc1C(C)=O. The van der Waals surface area contributed by atoms with Gasteiger partial charge in [0.15, 0.2) is 11.5 Å². The van der Waals surface area contributed by atoms with Crippen molar-refractivity contribution in [2.24, 2.45) is 5.92 Å². The zero-order valence-electron chi connectivity index (χ0n) is 12.3. The molecule has 1 aromatic rings. The van der Waals surface area contributed by atoms with Gasteiger partial charge in [0.2, 0.25) is 0 Å². The van der Waals surface area contributed by atoms with E-state index < -0.39 is 5.97 Å². The van der Waals surface area contributed by atoms with Gasteiger partial charge in [-0.1, -0.05) is 19.8 Å². The van der Waals surface area contributed by atoms with Crippen LogP contribution in [0.15, 0.2) is 0 Å². The van der Waals surface area contributed by atoms with Crippen LogP contribution in [0.5, 0.6) is 0 Å². The fourth-order valence-corrected chi connectivity index (χ4v) is 3.84. The molecule has 1 fully saturated rings. The topological polar surface area (TPSA) is 56.3 Å². The Morgan fingerprint density at radius 3 is 2.75 bits per heavy atom. The van der Waals surface area contributed by atoms with Gasteiger partial charge in [-0.25, -0.2) is 9.78 Å². The highest BCUT2D eigenvalue weighted by molar-refractivity contribution is 7.14. The first-order chi connectivity index (χ1) is 9.52. The van der Waals surface area contributed by atoms with E-state index >= 15 is 0 Å². The Kier molecular flexibility index (Phi) is 4.91. The van der Waals surface area contributed by atoms with E-state index in [9.17, 15) is 9.59 Å². The van der Waals surface area contributed by atoms with Crippen LogP contribution in [0.1, 0.15) is 77.5 Å². The number of Topliss-reactive ketones (excluding diaryl/α,β-unsaturated/α-hetero) is 1. The minimum absolute atomic E-state index is 0.110. The summed E-state index contributed by atoms with van der Waals surface area (Å²) >= 11 is 1.37. The molecule has 20 heavy (non-hydrogen) atoms. The predicted molar refractivity (Wildman–Crippen MR) is 78.4 cm³/mol. The Morgan fingerprint density at radius 1 is 1.40 bits per heavy atom. The number of esters is 1. The number of hydrogen-bond acceptors (Lipinski definition) is 5. The zero-order chi connectivity index (χ0) is 14.7. The number of aromatic nitrogens is 1. The summed E-state index contributed by atoms with van der Waals surface area (Å²) in [5.74, 6) is 0.471. The van der Waals surface area contributed by atoms with E-state index in [1.165, 1.54) is 31.1 Å². The molecule has 5 heteroatoms. The molecule has 0 aromatic carbocycles. The molecule has 1 aromatic heterocycles. The Bertz CT molecular complexity index is 509. The predicted octanol–water partition coefficient (Wildman–Crippen LogP) is 3.82. The van der Waals surface area contributed by atoms with Crippen molar-refractivity contribution in [3.8, 4) is 0 Å². The molecule has 0 saturated heterocycles. The van der Waals surface area contributed by atoms with E-state index in [1.54, 1.807) is 6.92 Å². The summed E-state index contributed by atoms with van der Waals surface area (Å²) in [6.45, 7) is 5.77. The molecule has 0 radical (unpaired) electrons.